The molecule has 104 valence electrons. The maximum atomic E-state index is 12.1. The molecule has 1 heterocycles. The average Bonchev–Trinajstić information content (AvgIpc) is 2.97. The van der Waals surface area contributed by atoms with E-state index in [1.165, 1.54) is 7.11 Å². The summed E-state index contributed by atoms with van der Waals surface area (Å²) in [5, 5.41) is 2.90. The summed E-state index contributed by atoms with van der Waals surface area (Å²) >= 11 is 1.12. The van der Waals surface area contributed by atoms with Crippen molar-refractivity contribution in [3.8, 4) is 0 Å². The molecule has 0 fully saturated rings. The van der Waals surface area contributed by atoms with Crippen LogP contribution >= 0.6 is 11.3 Å². The first-order valence-electron chi connectivity index (χ1n) is 6.15. The average molecular weight is 289 g/mol. The quantitative estimate of drug-likeness (QED) is 0.880. The van der Waals surface area contributed by atoms with E-state index in [1.807, 2.05) is 37.3 Å². The van der Waals surface area contributed by atoms with Crippen molar-refractivity contribution in [3.05, 3.63) is 57.8 Å². The van der Waals surface area contributed by atoms with Crippen LogP contribution in [0.2, 0.25) is 0 Å². The summed E-state index contributed by atoms with van der Waals surface area (Å²) in [7, 11) is 1.32. The monoisotopic (exact) mass is 289 g/mol. The normalized spacial score (nSPS) is 11.7. The zero-order valence-electron chi connectivity index (χ0n) is 11.3. The summed E-state index contributed by atoms with van der Waals surface area (Å²) in [6, 6.07) is 12.8. The lowest BCUT2D eigenvalue weighted by atomic mass is 10.1. The molecule has 5 heteroatoms. The van der Waals surface area contributed by atoms with Crippen LogP contribution in [-0.2, 0) is 4.74 Å². The van der Waals surface area contributed by atoms with E-state index in [0.717, 1.165) is 16.9 Å². The van der Waals surface area contributed by atoms with Crippen LogP contribution in [0.4, 0.5) is 0 Å². The second-order valence-electron chi connectivity index (χ2n) is 4.26. The summed E-state index contributed by atoms with van der Waals surface area (Å²) < 4.78 is 4.62. The highest BCUT2D eigenvalue weighted by atomic mass is 32.1. The Morgan fingerprint density at radius 1 is 1.10 bits per heavy atom. The predicted octanol–water partition coefficient (Wildman–Crippen LogP) is 3.03. The van der Waals surface area contributed by atoms with Gasteiger partial charge in [0.15, 0.2) is 0 Å². The van der Waals surface area contributed by atoms with E-state index < -0.39 is 5.97 Å². The van der Waals surface area contributed by atoms with E-state index in [-0.39, 0.29) is 11.9 Å². The van der Waals surface area contributed by atoms with Gasteiger partial charge < -0.3 is 10.1 Å². The minimum absolute atomic E-state index is 0.0904. The van der Waals surface area contributed by atoms with Crippen molar-refractivity contribution in [3.63, 3.8) is 0 Å². The van der Waals surface area contributed by atoms with E-state index in [4.69, 9.17) is 0 Å². The van der Waals surface area contributed by atoms with Crippen LogP contribution in [0.1, 0.15) is 37.9 Å². The third-order valence-electron chi connectivity index (χ3n) is 2.86. The number of ether oxygens (including phenoxy) is 1. The summed E-state index contributed by atoms with van der Waals surface area (Å²) in [6.07, 6.45) is 0. The lowest BCUT2D eigenvalue weighted by Crippen LogP contribution is -2.25. The van der Waals surface area contributed by atoms with Crippen molar-refractivity contribution in [1.29, 1.82) is 0 Å². The van der Waals surface area contributed by atoms with Gasteiger partial charge in [-0.05, 0) is 24.6 Å². The van der Waals surface area contributed by atoms with Crippen molar-refractivity contribution >= 4 is 23.2 Å². The fraction of sp³-hybridized carbons (Fsp3) is 0.200. The minimum Gasteiger partial charge on any atom is -0.465 e. The van der Waals surface area contributed by atoms with Gasteiger partial charge >= 0.3 is 5.97 Å². The summed E-state index contributed by atoms with van der Waals surface area (Å²) in [5.74, 6) is -0.619. The first-order chi connectivity index (χ1) is 9.61. The first-order valence-corrected chi connectivity index (χ1v) is 6.97. The molecule has 0 radical (unpaired) electrons. The third kappa shape index (κ3) is 3.24. The summed E-state index contributed by atoms with van der Waals surface area (Å²) in [5.41, 5.74) is 1.03. The Morgan fingerprint density at radius 3 is 2.40 bits per heavy atom. The number of benzene rings is 1. The molecule has 2 rings (SSSR count). The lowest BCUT2D eigenvalue weighted by Gasteiger charge is -2.13. The molecule has 1 atom stereocenters. The van der Waals surface area contributed by atoms with Gasteiger partial charge in [-0.2, -0.15) is 0 Å². The maximum Gasteiger partial charge on any atom is 0.348 e. The van der Waals surface area contributed by atoms with Gasteiger partial charge in [0.25, 0.3) is 5.91 Å². The van der Waals surface area contributed by atoms with E-state index in [1.54, 1.807) is 12.1 Å². The molecule has 0 saturated carbocycles. The molecule has 1 aromatic heterocycles. The third-order valence-corrected chi connectivity index (χ3v) is 3.93. The van der Waals surface area contributed by atoms with Crippen LogP contribution in [-0.4, -0.2) is 19.0 Å². The van der Waals surface area contributed by atoms with E-state index in [9.17, 15) is 9.59 Å². The number of nitrogens with one attached hydrogen (secondary N) is 1. The summed E-state index contributed by atoms with van der Waals surface area (Å²) in [4.78, 5) is 24.4. The fourth-order valence-electron chi connectivity index (χ4n) is 1.76. The second-order valence-corrected chi connectivity index (χ2v) is 5.35. The van der Waals surface area contributed by atoms with Gasteiger partial charge in [0, 0.05) is 0 Å². The van der Waals surface area contributed by atoms with Crippen LogP contribution < -0.4 is 5.32 Å². The molecule has 1 aromatic carbocycles. The number of rotatable bonds is 4. The smallest absolute Gasteiger partial charge is 0.348 e. The Labute approximate surface area is 121 Å². The van der Waals surface area contributed by atoms with Crippen LogP contribution in [0.5, 0.6) is 0 Å². The van der Waals surface area contributed by atoms with Crippen molar-refractivity contribution < 1.29 is 14.3 Å². The standard InChI is InChI=1S/C15H15NO3S/c1-10(11-6-4-3-5-7-11)16-14(17)12-8-9-13(20-12)15(18)19-2/h3-10H,1-2H3,(H,16,17). The van der Waals surface area contributed by atoms with Gasteiger partial charge in [0.05, 0.1) is 18.0 Å². The van der Waals surface area contributed by atoms with Crippen LogP contribution in [0.3, 0.4) is 0 Å². The number of carbonyl (C=O) groups excluding carboxylic acids is 2. The Bertz CT molecular complexity index is 607. The van der Waals surface area contributed by atoms with Gasteiger partial charge in [0.2, 0.25) is 0 Å². The zero-order valence-corrected chi connectivity index (χ0v) is 12.1. The fourth-order valence-corrected chi connectivity index (χ4v) is 2.59. The number of esters is 1. The molecule has 4 nitrogen and oxygen atoms in total. The molecule has 0 aliphatic carbocycles. The first kappa shape index (κ1) is 14.3. The number of methoxy groups -OCH3 is 1. The molecule has 2 aromatic rings. The highest BCUT2D eigenvalue weighted by molar-refractivity contribution is 7.15. The Balaban J connectivity index is 2.05. The van der Waals surface area contributed by atoms with E-state index in [2.05, 4.69) is 10.1 Å². The molecular weight excluding hydrogens is 274 g/mol. The van der Waals surface area contributed by atoms with Gasteiger partial charge in [-0.25, -0.2) is 4.79 Å². The van der Waals surface area contributed by atoms with Crippen molar-refractivity contribution in [2.75, 3.05) is 7.11 Å². The van der Waals surface area contributed by atoms with Gasteiger partial charge in [-0.1, -0.05) is 30.3 Å². The lowest BCUT2D eigenvalue weighted by molar-refractivity contribution is 0.0606. The number of amides is 1. The molecule has 20 heavy (non-hydrogen) atoms. The Hall–Kier alpha value is -2.14. The van der Waals surface area contributed by atoms with Crippen molar-refractivity contribution in [2.45, 2.75) is 13.0 Å². The van der Waals surface area contributed by atoms with Crippen LogP contribution in [0, 0.1) is 0 Å². The van der Waals surface area contributed by atoms with Crippen LogP contribution in [0.25, 0.3) is 0 Å². The largest absolute Gasteiger partial charge is 0.465 e. The molecule has 1 amide bonds. The Morgan fingerprint density at radius 2 is 1.75 bits per heavy atom. The number of thiophene rings is 1. The molecule has 0 aliphatic heterocycles. The molecule has 0 spiro atoms. The number of hydrogen-bond donors (Lipinski definition) is 1. The zero-order chi connectivity index (χ0) is 14.5. The second kappa shape index (κ2) is 6.34. The molecular formula is C15H15NO3S. The maximum absolute atomic E-state index is 12.1. The minimum atomic E-state index is -0.426. The predicted molar refractivity (Wildman–Crippen MR) is 78.0 cm³/mol. The SMILES string of the molecule is COC(=O)c1ccc(C(=O)NC(C)c2ccccc2)s1. The molecule has 1 unspecified atom stereocenters. The topological polar surface area (TPSA) is 55.4 Å². The van der Waals surface area contributed by atoms with Crippen molar-refractivity contribution in [1.82, 2.24) is 5.32 Å². The summed E-state index contributed by atoms with van der Waals surface area (Å²) in [6.45, 7) is 1.92. The van der Waals surface area contributed by atoms with Crippen molar-refractivity contribution in [2.24, 2.45) is 0 Å². The Kier molecular flexibility index (Phi) is 4.53. The highest BCUT2D eigenvalue weighted by Gasteiger charge is 2.16. The van der Waals surface area contributed by atoms with E-state index >= 15 is 0 Å². The number of carbonyl (C=O) groups is 2. The number of hydrogen-bond acceptors (Lipinski definition) is 4. The molecule has 1 N–H and O–H groups in total. The molecule has 0 aliphatic rings. The highest BCUT2D eigenvalue weighted by Crippen LogP contribution is 2.19. The van der Waals surface area contributed by atoms with Gasteiger partial charge in [-0.15, -0.1) is 11.3 Å². The molecule has 0 saturated heterocycles. The van der Waals surface area contributed by atoms with E-state index in [0.29, 0.717) is 9.75 Å². The van der Waals surface area contributed by atoms with Gasteiger partial charge in [-0.3, -0.25) is 4.79 Å². The van der Waals surface area contributed by atoms with Gasteiger partial charge in [0.1, 0.15) is 4.88 Å². The molecule has 0 bridgehead atoms. The van der Waals surface area contributed by atoms with Crippen LogP contribution in [0.15, 0.2) is 42.5 Å².